The minimum absolute atomic E-state index is 0.204. The quantitative estimate of drug-likeness (QED) is 0.679. The highest BCUT2D eigenvalue weighted by atomic mass is 16.5. The van der Waals surface area contributed by atoms with Gasteiger partial charge in [-0.1, -0.05) is 0 Å². The van der Waals surface area contributed by atoms with Gasteiger partial charge in [0.1, 0.15) is 5.60 Å². The third-order valence-electron chi connectivity index (χ3n) is 1.06. The van der Waals surface area contributed by atoms with Gasteiger partial charge < -0.3 is 9.72 Å². The Bertz CT molecular complexity index is 311. The molecule has 0 spiro atoms. The van der Waals surface area contributed by atoms with E-state index in [2.05, 4.69) is 9.97 Å². The number of hydrogen-bond acceptors (Lipinski definition) is 3. The molecule has 0 bridgehead atoms. The summed E-state index contributed by atoms with van der Waals surface area (Å²) in [5.74, 6) is 0.353. The Balaban J connectivity index is 2.84. The van der Waals surface area contributed by atoms with Crippen LogP contribution in [0.15, 0.2) is 17.2 Å². The summed E-state index contributed by atoms with van der Waals surface area (Å²) in [6, 6.07) is 1.32. The van der Waals surface area contributed by atoms with Gasteiger partial charge in [0.05, 0.1) is 12.4 Å². The van der Waals surface area contributed by atoms with Gasteiger partial charge in [-0.3, -0.25) is 4.79 Å². The average molecular weight is 168 g/mol. The number of nitrogens with one attached hydrogen (secondary N) is 1. The molecule has 0 aliphatic carbocycles. The molecule has 12 heavy (non-hydrogen) atoms. The molecule has 0 amide bonds. The van der Waals surface area contributed by atoms with Gasteiger partial charge in [-0.05, 0) is 20.8 Å². The molecule has 4 nitrogen and oxygen atoms in total. The molecule has 0 radical (unpaired) electrons. The van der Waals surface area contributed by atoms with E-state index < -0.39 is 0 Å². The van der Waals surface area contributed by atoms with Crippen LogP contribution in [0.5, 0.6) is 5.88 Å². The molecule has 66 valence electrons. The van der Waals surface area contributed by atoms with Gasteiger partial charge >= 0.3 is 0 Å². The number of ether oxygens (including phenoxy) is 1. The molecule has 1 rings (SSSR count). The normalized spacial score (nSPS) is 11.2. The maximum Gasteiger partial charge on any atom is 0.254 e. The number of aromatic nitrogens is 2. The summed E-state index contributed by atoms with van der Waals surface area (Å²) in [5, 5.41) is 0. The highest BCUT2D eigenvalue weighted by molar-refractivity contribution is 5.06. The van der Waals surface area contributed by atoms with Crippen molar-refractivity contribution in [3.8, 4) is 5.88 Å². The van der Waals surface area contributed by atoms with Crippen molar-refractivity contribution in [3.63, 3.8) is 0 Å². The molecular weight excluding hydrogens is 156 g/mol. The Morgan fingerprint density at radius 1 is 1.50 bits per heavy atom. The Labute approximate surface area is 70.6 Å². The molecule has 1 heterocycles. The van der Waals surface area contributed by atoms with Crippen molar-refractivity contribution in [1.29, 1.82) is 0 Å². The fourth-order valence-corrected chi connectivity index (χ4v) is 0.720. The zero-order valence-corrected chi connectivity index (χ0v) is 7.42. The van der Waals surface area contributed by atoms with Crippen molar-refractivity contribution in [2.45, 2.75) is 26.4 Å². The summed E-state index contributed by atoms with van der Waals surface area (Å²) in [7, 11) is 0. The maximum atomic E-state index is 10.8. The van der Waals surface area contributed by atoms with Gasteiger partial charge in [-0.2, -0.15) is 0 Å². The van der Waals surface area contributed by atoms with Crippen molar-refractivity contribution in [1.82, 2.24) is 9.97 Å². The summed E-state index contributed by atoms with van der Waals surface area (Å²) < 4.78 is 5.35. The number of aromatic amines is 1. The van der Waals surface area contributed by atoms with Crippen molar-refractivity contribution in [3.05, 3.63) is 22.7 Å². The lowest BCUT2D eigenvalue weighted by molar-refractivity contribution is 0.123. The van der Waals surface area contributed by atoms with Crippen LogP contribution in [0.2, 0.25) is 0 Å². The molecule has 0 aliphatic rings. The smallest absolute Gasteiger partial charge is 0.254 e. The highest BCUT2D eigenvalue weighted by Gasteiger charge is 2.12. The van der Waals surface area contributed by atoms with Gasteiger partial charge in [0, 0.05) is 0 Å². The molecule has 0 atom stereocenters. The fraction of sp³-hybridized carbons (Fsp3) is 0.500. The second-order valence-corrected chi connectivity index (χ2v) is 3.46. The minimum Gasteiger partial charge on any atom is -0.472 e. The molecule has 0 aliphatic heterocycles. The summed E-state index contributed by atoms with van der Waals surface area (Å²) in [5.41, 5.74) is -0.523. The zero-order chi connectivity index (χ0) is 9.19. The number of nitrogens with zero attached hydrogens (tertiary/aromatic N) is 1. The van der Waals surface area contributed by atoms with E-state index >= 15 is 0 Å². The van der Waals surface area contributed by atoms with Crippen LogP contribution in [0.3, 0.4) is 0 Å². The Hall–Kier alpha value is -1.32. The van der Waals surface area contributed by atoms with E-state index in [1.807, 2.05) is 20.8 Å². The molecular formula is C8H12N2O2. The summed E-state index contributed by atoms with van der Waals surface area (Å²) in [4.78, 5) is 17.1. The van der Waals surface area contributed by atoms with Crippen LogP contribution in [-0.4, -0.2) is 15.6 Å². The summed E-state index contributed by atoms with van der Waals surface area (Å²) in [6.45, 7) is 5.70. The molecule has 0 saturated heterocycles. The molecule has 1 aromatic rings. The van der Waals surface area contributed by atoms with E-state index in [9.17, 15) is 4.79 Å². The molecule has 1 N–H and O–H groups in total. The fourth-order valence-electron chi connectivity index (χ4n) is 0.720. The first-order chi connectivity index (χ1) is 5.47. The summed E-state index contributed by atoms with van der Waals surface area (Å²) >= 11 is 0. The third kappa shape index (κ3) is 2.74. The van der Waals surface area contributed by atoms with Crippen LogP contribution < -0.4 is 10.3 Å². The van der Waals surface area contributed by atoms with E-state index in [1.54, 1.807) is 0 Å². The second kappa shape index (κ2) is 2.97. The second-order valence-electron chi connectivity index (χ2n) is 3.46. The minimum atomic E-state index is -0.319. The molecule has 0 unspecified atom stereocenters. The van der Waals surface area contributed by atoms with Crippen molar-refractivity contribution in [2.24, 2.45) is 0 Å². The molecule has 0 fully saturated rings. The van der Waals surface area contributed by atoms with Crippen molar-refractivity contribution < 1.29 is 4.74 Å². The van der Waals surface area contributed by atoms with E-state index in [1.165, 1.54) is 12.4 Å². The number of H-pyrrole nitrogens is 1. The van der Waals surface area contributed by atoms with Crippen LogP contribution in [0, 0.1) is 0 Å². The maximum absolute atomic E-state index is 10.8. The first-order valence-electron chi connectivity index (χ1n) is 3.71. The van der Waals surface area contributed by atoms with Gasteiger partial charge in [0.15, 0.2) is 0 Å². The Morgan fingerprint density at radius 3 is 2.67 bits per heavy atom. The number of rotatable bonds is 1. The Morgan fingerprint density at radius 2 is 2.17 bits per heavy atom. The van der Waals surface area contributed by atoms with E-state index in [0.717, 1.165) is 0 Å². The first kappa shape index (κ1) is 8.77. The first-order valence-corrected chi connectivity index (χ1v) is 3.71. The largest absolute Gasteiger partial charge is 0.472 e. The van der Waals surface area contributed by atoms with Crippen LogP contribution >= 0.6 is 0 Å². The van der Waals surface area contributed by atoms with Gasteiger partial charge in [-0.25, -0.2) is 4.98 Å². The highest BCUT2D eigenvalue weighted by Crippen LogP contribution is 2.11. The van der Waals surface area contributed by atoms with Gasteiger partial charge in [0.2, 0.25) is 5.88 Å². The summed E-state index contributed by atoms with van der Waals surface area (Å²) in [6.07, 6.45) is 1.32. The van der Waals surface area contributed by atoms with Gasteiger partial charge in [0.25, 0.3) is 5.56 Å². The van der Waals surface area contributed by atoms with Crippen molar-refractivity contribution >= 4 is 0 Å². The third-order valence-corrected chi connectivity index (χ3v) is 1.06. The van der Waals surface area contributed by atoms with Crippen molar-refractivity contribution in [2.75, 3.05) is 0 Å². The lowest BCUT2D eigenvalue weighted by Crippen LogP contribution is -2.24. The van der Waals surface area contributed by atoms with Crippen LogP contribution in [0.25, 0.3) is 0 Å². The van der Waals surface area contributed by atoms with E-state index in [-0.39, 0.29) is 11.2 Å². The molecule has 0 saturated carbocycles. The van der Waals surface area contributed by atoms with Crippen LogP contribution in [-0.2, 0) is 0 Å². The predicted octanol–water partition coefficient (Wildman–Crippen LogP) is 0.947. The molecule has 4 heteroatoms. The van der Waals surface area contributed by atoms with Crippen LogP contribution in [0.1, 0.15) is 20.8 Å². The topological polar surface area (TPSA) is 55.0 Å². The lowest BCUT2D eigenvalue weighted by Gasteiger charge is -2.19. The molecule has 0 aromatic carbocycles. The van der Waals surface area contributed by atoms with Gasteiger partial charge in [-0.15, -0.1) is 0 Å². The molecule has 1 aromatic heterocycles. The number of hydrogen-bond donors (Lipinski definition) is 1. The Kier molecular flexibility index (Phi) is 2.17. The SMILES string of the molecule is CC(C)(C)Oc1cc(=O)[nH]cn1. The van der Waals surface area contributed by atoms with Crippen LogP contribution in [0.4, 0.5) is 0 Å². The predicted molar refractivity (Wildman–Crippen MR) is 45.2 cm³/mol. The standard InChI is InChI=1S/C8H12N2O2/c1-8(2,3)12-7-4-6(11)9-5-10-7/h4-5H,1-3H3,(H,9,10,11). The average Bonchev–Trinajstić information content (AvgIpc) is 1.82. The zero-order valence-electron chi connectivity index (χ0n) is 7.42. The lowest BCUT2D eigenvalue weighted by atomic mass is 10.2. The van der Waals surface area contributed by atoms with E-state index in [4.69, 9.17) is 4.74 Å². The monoisotopic (exact) mass is 168 g/mol. The van der Waals surface area contributed by atoms with E-state index in [0.29, 0.717) is 5.88 Å².